The Kier molecular flexibility index (Phi) is 10.1. The zero-order valence-electron chi connectivity index (χ0n) is 19.1. The molecule has 1 aromatic rings. The van der Waals surface area contributed by atoms with Crippen molar-refractivity contribution >= 4 is 52.9 Å². The smallest absolute Gasteiger partial charge is 0.147 e. The molecule has 0 spiro atoms. The van der Waals surface area contributed by atoms with Crippen LogP contribution in [0.2, 0.25) is 39.3 Å². The number of benzene rings is 1. The van der Waals surface area contributed by atoms with Gasteiger partial charge in [-0.2, -0.15) is 0 Å². The summed E-state index contributed by atoms with van der Waals surface area (Å²) in [5.74, 6) is 0. The fourth-order valence-electron chi connectivity index (χ4n) is 3.95. The van der Waals surface area contributed by atoms with E-state index >= 15 is 0 Å². The van der Waals surface area contributed by atoms with Crippen LogP contribution in [0.5, 0.6) is 0 Å². The van der Waals surface area contributed by atoms with Crippen LogP contribution in [0.3, 0.4) is 0 Å². The van der Waals surface area contributed by atoms with Crippen LogP contribution in [0.1, 0.15) is 18.4 Å². The van der Waals surface area contributed by atoms with Gasteiger partial charge in [-0.15, -0.1) is 24.8 Å². The maximum Gasteiger partial charge on any atom is -0.147 e. The van der Waals surface area contributed by atoms with E-state index in [4.69, 9.17) is 0 Å². The van der Waals surface area contributed by atoms with E-state index in [0.717, 1.165) is 0 Å². The molecule has 6 heteroatoms. The Morgan fingerprint density at radius 1 is 0.759 bits per heavy atom. The topological polar surface area (TPSA) is 0 Å². The van der Waals surface area contributed by atoms with Gasteiger partial charge in [0.25, 0.3) is 0 Å². The quantitative estimate of drug-likeness (QED) is 0.316. The minimum Gasteiger partial charge on any atom is -0.147 e. The van der Waals surface area contributed by atoms with Gasteiger partial charge in [-0.3, -0.25) is 0 Å². The molecule has 0 amide bonds. The molecule has 3 rings (SSSR count). The van der Waals surface area contributed by atoms with E-state index in [1.165, 1.54) is 12.8 Å². The largest absolute Gasteiger partial charge is 0.147 e. The molecule has 2 aliphatic carbocycles. The van der Waals surface area contributed by atoms with Crippen molar-refractivity contribution < 1.29 is 20.6 Å². The van der Waals surface area contributed by atoms with Crippen molar-refractivity contribution in [2.75, 3.05) is 0 Å². The van der Waals surface area contributed by atoms with Gasteiger partial charge in [0.05, 0.1) is 0 Å². The van der Waals surface area contributed by atoms with E-state index in [0.29, 0.717) is 0 Å². The van der Waals surface area contributed by atoms with Crippen LogP contribution in [0, 0.1) is 6.92 Å². The monoisotopic (exact) mass is 647 g/mol. The summed E-state index contributed by atoms with van der Waals surface area (Å²) in [5, 5.41) is 5.18. The fraction of sp³-hybridized carbons (Fsp3) is 0.391. The molecule has 0 radical (unpaired) electrons. The van der Waals surface area contributed by atoms with Gasteiger partial charge in [-0.1, -0.05) is 0 Å². The van der Waals surface area contributed by atoms with Crippen LogP contribution < -0.4 is 5.19 Å². The van der Waals surface area contributed by atoms with Crippen LogP contribution in [0.15, 0.2) is 65.6 Å². The molecule has 29 heavy (non-hydrogen) atoms. The van der Waals surface area contributed by atoms with Crippen LogP contribution in [0.25, 0.3) is 0 Å². The van der Waals surface area contributed by atoms with Crippen molar-refractivity contribution in [1.82, 2.24) is 0 Å². The van der Waals surface area contributed by atoms with Gasteiger partial charge < -0.3 is 0 Å². The molecule has 2 aliphatic rings. The van der Waals surface area contributed by atoms with Crippen molar-refractivity contribution in [2.45, 2.75) is 59.0 Å². The molecule has 1 aromatic carbocycles. The standard InChI is InChI=1S/2C8H13Si.C7H9Si.2ClH.Hf/c2*1-9(2,3)8-6-4-5-7-8;1-6-4-2-3-5-7(6)8;;;/h2*6-7H,4H2,1-3H3;2-5H,8H2,1H3;2*1H;. The third-order valence-corrected chi connectivity index (χ3v) is 35.0. The zero-order chi connectivity index (χ0) is 19.8. The Morgan fingerprint density at radius 3 is 1.59 bits per heavy atom. The van der Waals surface area contributed by atoms with Crippen molar-refractivity contribution in [3.05, 3.63) is 71.2 Å². The first-order valence-electron chi connectivity index (χ1n) is 10.3. The minimum absolute atomic E-state index is 0. The van der Waals surface area contributed by atoms with Gasteiger partial charge in [0.15, 0.2) is 0 Å². The van der Waals surface area contributed by atoms with Gasteiger partial charge in [0.2, 0.25) is 0 Å². The van der Waals surface area contributed by atoms with Gasteiger partial charge in [0.1, 0.15) is 0 Å². The van der Waals surface area contributed by atoms with E-state index in [1.54, 1.807) is 21.1 Å². The normalized spacial score (nSPS) is 16.7. The molecule has 0 fully saturated rings. The van der Waals surface area contributed by atoms with Crippen molar-refractivity contribution in [3.8, 4) is 0 Å². The maximum atomic E-state index is 2.70. The molecule has 0 aliphatic heterocycles. The summed E-state index contributed by atoms with van der Waals surface area (Å²) in [4.78, 5) is 0. The van der Waals surface area contributed by atoms with Crippen LogP contribution in [-0.4, -0.2) is 22.9 Å². The summed E-state index contributed by atoms with van der Waals surface area (Å²) < 4.78 is 3.84. The average molecular weight is 647 g/mol. The first-order valence-corrected chi connectivity index (χ1v) is 29.9. The maximum absolute atomic E-state index is 2.70. The second-order valence-electron chi connectivity index (χ2n) is 10.1. The summed E-state index contributed by atoms with van der Waals surface area (Å²) in [6.45, 7) is 17.2. The van der Waals surface area contributed by atoms with Gasteiger partial charge in [0, 0.05) is 0 Å². The molecular formula is C23H37Cl2HfSi3. The third-order valence-electron chi connectivity index (χ3n) is 5.88. The van der Waals surface area contributed by atoms with E-state index in [2.05, 4.69) is 94.8 Å². The van der Waals surface area contributed by atoms with Crippen molar-refractivity contribution in [3.63, 3.8) is 0 Å². The summed E-state index contributed by atoms with van der Waals surface area (Å²) in [6, 6.07) is 9.24. The van der Waals surface area contributed by atoms with Crippen LogP contribution in [0.4, 0.5) is 0 Å². The molecule has 159 valence electrons. The summed E-state index contributed by atoms with van der Waals surface area (Å²) >= 11 is -1.92. The number of hydrogen-bond acceptors (Lipinski definition) is 0. The Morgan fingerprint density at radius 2 is 1.21 bits per heavy atom. The van der Waals surface area contributed by atoms with Crippen molar-refractivity contribution in [1.29, 1.82) is 0 Å². The number of rotatable bonds is 6. The second kappa shape index (κ2) is 10.7. The Bertz CT molecular complexity index is 808. The molecule has 0 heterocycles. The van der Waals surface area contributed by atoms with Gasteiger partial charge in [-0.05, 0) is 0 Å². The Hall–Kier alpha value is 0.281. The summed E-state index contributed by atoms with van der Waals surface area (Å²) in [5.41, 5.74) is 1.54. The summed E-state index contributed by atoms with van der Waals surface area (Å²) in [7, 11) is -2.38. The SMILES string of the molecule is Cc1ccccc1[SiH2][Hf]([C]1=CC([Si](C)(C)C)=CC1)[C]1=CC([Si](C)(C)C)=CC1.Cl.Cl. The van der Waals surface area contributed by atoms with Crippen molar-refractivity contribution in [2.24, 2.45) is 0 Å². The molecular weight excluding hydrogens is 610 g/mol. The first-order chi connectivity index (χ1) is 12.6. The van der Waals surface area contributed by atoms with Crippen LogP contribution >= 0.6 is 24.8 Å². The molecule has 0 aromatic heterocycles. The zero-order valence-corrected chi connectivity index (χ0v) is 27.7. The Balaban J connectivity index is 0.00000210. The fourth-order valence-corrected chi connectivity index (χ4v) is 32.8. The molecule has 0 nitrogen and oxygen atoms in total. The second-order valence-corrected chi connectivity index (χ2v) is 39.1. The third kappa shape index (κ3) is 6.88. The van der Waals surface area contributed by atoms with E-state index in [-0.39, 0.29) is 31.5 Å². The van der Waals surface area contributed by atoms with E-state index < -0.39 is 36.8 Å². The molecule has 0 unspecified atom stereocenters. The summed E-state index contributed by atoms with van der Waals surface area (Å²) in [6.07, 6.45) is 13.2. The minimum atomic E-state index is -1.92. The number of allylic oxidation sites excluding steroid dienone is 8. The number of hydrogen-bond donors (Lipinski definition) is 0. The van der Waals surface area contributed by atoms with Gasteiger partial charge >= 0.3 is 179 Å². The Labute approximate surface area is 202 Å². The molecule has 0 saturated heterocycles. The number of aryl methyl sites for hydroxylation is 1. The predicted molar refractivity (Wildman–Crippen MR) is 142 cm³/mol. The number of halogens is 2. The molecule has 0 atom stereocenters. The molecule has 0 saturated carbocycles. The van der Waals surface area contributed by atoms with E-state index in [9.17, 15) is 0 Å². The first kappa shape index (κ1) is 27.3. The molecule has 0 bridgehead atoms. The molecule has 0 N–H and O–H groups in total. The predicted octanol–water partition coefficient (Wildman–Crippen LogP) is 6.35. The van der Waals surface area contributed by atoms with Crippen LogP contribution in [-0.2, 0) is 20.6 Å². The average Bonchev–Trinajstić information content (AvgIpc) is 3.23. The van der Waals surface area contributed by atoms with E-state index in [1.807, 2.05) is 6.66 Å². The van der Waals surface area contributed by atoms with Gasteiger partial charge in [-0.25, -0.2) is 0 Å².